The van der Waals surface area contributed by atoms with Crippen LogP contribution in [0.3, 0.4) is 0 Å². The Morgan fingerprint density at radius 2 is 1.91 bits per heavy atom. The molecule has 2 aromatic rings. The van der Waals surface area contributed by atoms with Gasteiger partial charge in [0.05, 0.1) is 11.7 Å². The Morgan fingerprint density at radius 3 is 2.61 bits per heavy atom. The van der Waals surface area contributed by atoms with Gasteiger partial charge in [0.2, 0.25) is 0 Å². The molecule has 3 rings (SSSR count). The molecule has 0 spiro atoms. The summed E-state index contributed by atoms with van der Waals surface area (Å²) < 4.78 is 0. The molecule has 0 amide bonds. The number of aryl methyl sites for hydroxylation is 1. The Kier molecular flexibility index (Phi) is 4.46. The molecule has 1 aliphatic heterocycles. The summed E-state index contributed by atoms with van der Waals surface area (Å²) in [6.45, 7) is 4.10. The molecule has 2 aromatic carbocycles. The van der Waals surface area contributed by atoms with Crippen molar-refractivity contribution in [3.63, 3.8) is 0 Å². The number of benzene rings is 2. The molecule has 120 valence electrons. The maximum Gasteiger partial charge on any atom is 0.160 e. The van der Waals surface area contributed by atoms with Crippen molar-refractivity contribution in [3.05, 3.63) is 59.7 Å². The van der Waals surface area contributed by atoms with Crippen molar-refractivity contribution in [3.8, 4) is 0 Å². The lowest BCUT2D eigenvalue weighted by molar-refractivity contribution is 0.185. The number of amidine groups is 1. The first-order valence-electron chi connectivity index (χ1n) is 8.09. The van der Waals surface area contributed by atoms with Crippen LogP contribution in [0.25, 0.3) is 0 Å². The summed E-state index contributed by atoms with van der Waals surface area (Å²) in [5, 5.41) is 11.0. The van der Waals surface area contributed by atoms with Gasteiger partial charge in [-0.1, -0.05) is 43.7 Å². The second-order valence-electron chi connectivity index (χ2n) is 5.95. The fraction of sp³-hybridized carbons (Fsp3) is 0.316. The largest absolute Gasteiger partial charge is 0.369 e. The van der Waals surface area contributed by atoms with E-state index >= 15 is 0 Å². The van der Waals surface area contributed by atoms with E-state index in [-0.39, 0.29) is 6.04 Å². The van der Waals surface area contributed by atoms with Crippen molar-refractivity contribution in [1.82, 2.24) is 0 Å². The van der Waals surface area contributed by atoms with Gasteiger partial charge in [-0.15, -0.1) is 0 Å². The van der Waals surface area contributed by atoms with Gasteiger partial charge in [0.25, 0.3) is 0 Å². The average Bonchev–Trinajstić information content (AvgIpc) is 2.55. The van der Waals surface area contributed by atoms with Crippen molar-refractivity contribution < 1.29 is 5.11 Å². The zero-order valence-electron chi connectivity index (χ0n) is 13.6. The number of nitrogens with two attached hydrogens (primary N) is 1. The predicted molar refractivity (Wildman–Crippen MR) is 95.0 cm³/mol. The van der Waals surface area contributed by atoms with Crippen LogP contribution >= 0.6 is 0 Å². The van der Waals surface area contributed by atoms with Crippen LogP contribution in [0.2, 0.25) is 0 Å². The van der Waals surface area contributed by atoms with Gasteiger partial charge in [0, 0.05) is 11.3 Å². The van der Waals surface area contributed by atoms with Crippen LogP contribution in [0.5, 0.6) is 0 Å². The van der Waals surface area contributed by atoms with Gasteiger partial charge in [0.1, 0.15) is 5.84 Å². The number of aliphatic hydroxyl groups excluding tert-OH is 1. The number of hydrogen-bond donors (Lipinski definition) is 2. The second kappa shape index (κ2) is 6.52. The molecule has 0 saturated heterocycles. The Labute approximate surface area is 137 Å². The molecule has 0 aliphatic carbocycles. The maximum atomic E-state index is 11.0. The lowest BCUT2D eigenvalue weighted by Crippen LogP contribution is -2.47. The van der Waals surface area contributed by atoms with Crippen molar-refractivity contribution in [2.45, 2.75) is 39.0 Å². The van der Waals surface area contributed by atoms with E-state index in [4.69, 9.17) is 10.7 Å². The molecule has 0 fully saturated rings. The summed E-state index contributed by atoms with van der Waals surface area (Å²) in [4.78, 5) is 6.65. The molecule has 3 N–H and O–H groups in total. The zero-order valence-corrected chi connectivity index (χ0v) is 13.6. The van der Waals surface area contributed by atoms with Gasteiger partial charge in [0.15, 0.2) is 6.23 Å². The summed E-state index contributed by atoms with van der Waals surface area (Å²) in [5.74, 6) is 0.726. The molecule has 23 heavy (non-hydrogen) atoms. The molecule has 4 nitrogen and oxygen atoms in total. The molecule has 1 heterocycles. The van der Waals surface area contributed by atoms with E-state index < -0.39 is 6.23 Å². The van der Waals surface area contributed by atoms with E-state index in [0.29, 0.717) is 0 Å². The highest BCUT2D eigenvalue weighted by atomic mass is 16.3. The minimum absolute atomic E-state index is 0.205. The fourth-order valence-electron chi connectivity index (χ4n) is 3.09. The van der Waals surface area contributed by atoms with Crippen LogP contribution in [0, 0.1) is 6.92 Å². The van der Waals surface area contributed by atoms with Gasteiger partial charge < -0.3 is 10.8 Å². The summed E-state index contributed by atoms with van der Waals surface area (Å²) in [7, 11) is 0. The molecule has 0 radical (unpaired) electrons. The minimum atomic E-state index is -0.774. The highest BCUT2D eigenvalue weighted by molar-refractivity contribution is 6.05. The quantitative estimate of drug-likeness (QED) is 0.906. The molecule has 1 aliphatic rings. The number of para-hydroxylation sites is 1. The number of aliphatic imine (C=N–C) groups is 1. The average molecular weight is 309 g/mol. The molecular formula is C19H23N3O. The van der Waals surface area contributed by atoms with E-state index in [2.05, 4.69) is 6.92 Å². The van der Waals surface area contributed by atoms with Crippen molar-refractivity contribution in [1.29, 1.82) is 0 Å². The van der Waals surface area contributed by atoms with E-state index in [1.807, 2.05) is 60.4 Å². The first-order chi connectivity index (χ1) is 11.1. The Hall–Kier alpha value is -2.17. The number of rotatable bonds is 4. The monoisotopic (exact) mass is 309 g/mol. The smallest absolute Gasteiger partial charge is 0.160 e. The van der Waals surface area contributed by atoms with Gasteiger partial charge in [-0.05, 0) is 37.1 Å². The van der Waals surface area contributed by atoms with E-state index in [1.165, 1.54) is 0 Å². The van der Waals surface area contributed by atoms with Crippen LogP contribution in [-0.4, -0.2) is 17.0 Å². The number of hydrogen-bond acceptors (Lipinski definition) is 4. The number of fused-ring (bicyclic) bond motifs is 1. The predicted octanol–water partition coefficient (Wildman–Crippen LogP) is 3.66. The maximum absolute atomic E-state index is 11.0. The number of anilines is 1. The summed E-state index contributed by atoms with van der Waals surface area (Å²) in [6.07, 6.45) is 1.03. The third-order valence-corrected chi connectivity index (χ3v) is 4.25. The van der Waals surface area contributed by atoms with Crippen molar-refractivity contribution in [2.75, 3.05) is 4.90 Å². The van der Waals surface area contributed by atoms with E-state index in [9.17, 15) is 5.11 Å². The van der Waals surface area contributed by atoms with Crippen LogP contribution in [0.4, 0.5) is 11.4 Å². The molecule has 0 bridgehead atoms. The summed E-state index contributed by atoms with van der Waals surface area (Å²) >= 11 is 0. The normalized spacial score (nSPS) is 18.3. The standard InChI is InChI=1S/C19H23N3O/c1-3-8-15(20)18-21-16-12-7-9-13(2)17(16)19(23)22(18)14-10-5-4-6-11-14/h4-7,9-12,15,19,23H,3,8,20H2,1-2H3. The molecule has 0 saturated carbocycles. The summed E-state index contributed by atoms with van der Waals surface area (Å²) in [5.41, 5.74) is 9.96. The highest BCUT2D eigenvalue weighted by Crippen LogP contribution is 2.38. The van der Waals surface area contributed by atoms with E-state index in [0.717, 1.165) is 41.2 Å². The topological polar surface area (TPSA) is 61.9 Å². The minimum Gasteiger partial charge on any atom is -0.369 e. The second-order valence-corrected chi connectivity index (χ2v) is 5.95. The third-order valence-electron chi connectivity index (χ3n) is 4.25. The zero-order chi connectivity index (χ0) is 16.4. The summed E-state index contributed by atoms with van der Waals surface area (Å²) in [6, 6.07) is 15.5. The van der Waals surface area contributed by atoms with Crippen LogP contribution < -0.4 is 10.6 Å². The lowest BCUT2D eigenvalue weighted by Gasteiger charge is -2.38. The van der Waals surface area contributed by atoms with Gasteiger partial charge in [-0.2, -0.15) is 0 Å². The van der Waals surface area contributed by atoms with Crippen LogP contribution in [-0.2, 0) is 0 Å². The highest BCUT2D eigenvalue weighted by Gasteiger charge is 2.33. The molecule has 2 atom stereocenters. The van der Waals surface area contributed by atoms with Crippen LogP contribution in [0.15, 0.2) is 53.5 Å². The fourth-order valence-corrected chi connectivity index (χ4v) is 3.09. The molecule has 0 aromatic heterocycles. The van der Waals surface area contributed by atoms with Gasteiger partial charge >= 0.3 is 0 Å². The Balaban J connectivity index is 2.15. The lowest BCUT2D eigenvalue weighted by atomic mass is 9.99. The van der Waals surface area contributed by atoms with Crippen molar-refractivity contribution >= 4 is 17.2 Å². The number of nitrogens with zero attached hydrogens (tertiary/aromatic N) is 2. The molecule has 2 unspecified atom stereocenters. The van der Waals surface area contributed by atoms with Crippen molar-refractivity contribution in [2.24, 2.45) is 10.7 Å². The van der Waals surface area contributed by atoms with Crippen LogP contribution in [0.1, 0.15) is 37.1 Å². The Morgan fingerprint density at radius 1 is 1.17 bits per heavy atom. The van der Waals surface area contributed by atoms with Gasteiger partial charge in [-0.3, -0.25) is 4.90 Å². The molecule has 4 heteroatoms. The SMILES string of the molecule is CCCC(N)C1=Nc2cccc(C)c2C(O)N1c1ccccc1. The molecular weight excluding hydrogens is 286 g/mol. The van der Waals surface area contributed by atoms with E-state index in [1.54, 1.807) is 0 Å². The number of aliphatic hydroxyl groups is 1. The first kappa shape index (κ1) is 15.7. The Bertz CT molecular complexity index is 712. The van der Waals surface area contributed by atoms with Gasteiger partial charge in [-0.25, -0.2) is 4.99 Å². The third kappa shape index (κ3) is 2.87. The first-order valence-corrected chi connectivity index (χ1v) is 8.09.